The van der Waals surface area contributed by atoms with Crippen LogP contribution in [0.3, 0.4) is 0 Å². The van der Waals surface area contributed by atoms with Crippen LogP contribution in [0.2, 0.25) is 0 Å². The summed E-state index contributed by atoms with van der Waals surface area (Å²) in [6, 6.07) is 10.4. The molecule has 0 aliphatic rings. The van der Waals surface area contributed by atoms with Gasteiger partial charge in [-0.2, -0.15) is 0 Å². The summed E-state index contributed by atoms with van der Waals surface area (Å²) in [6.07, 6.45) is 3.46. The zero-order chi connectivity index (χ0) is 10.9. The average molecular weight is 207 g/mol. The highest BCUT2D eigenvalue weighted by Gasteiger charge is 1.95. The van der Waals surface area contributed by atoms with Gasteiger partial charge in [0.25, 0.3) is 0 Å². The third kappa shape index (κ3) is 5.73. The maximum absolute atomic E-state index is 10.3. The minimum atomic E-state index is -0.682. The van der Waals surface area contributed by atoms with Gasteiger partial charge in [-0.05, 0) is 31.2 Å². The molecule has 0 saturated carbocycles. The van der Waals surface area contributed by atoms with Crippen molar-refractivity contribution in [3.8, 4) is 0 Å². The van der Waals surface area contributed by atoms with E-state index in [0.29, 0.717) is 6.61 Å². The standard InChI is InChI=1S/C12H17NO2/c13-12(14)15-10-6-2-5-9-11-7-3-1-4-8-11/h1,3-4,7-8H,2,5-6,9-10H2,(H2,13,14). The van der Waals surface area contributed by atoms with E-state index in [-0.39, 0.29) is 0 Å². The fraction of sp³-hybridized carbons (Fsp3) is 0.417. The summed E-state index contributed by atoms with van der Waals surface area (Å²) < 4.78 is 4.63. The topological polar surface area (TPSA) is 52.3 Å². The van der Waals surface area contributed by atoms with Crippen LogP contribution in [0.5, 0.6) is 0 Å². The molecule has 1 aromatic carbocycles. The van der Waals surface area contributed by atoms with Gasteiger partial charge in [0.1, 0.15) is 0 Å². The Morgan fingerprint density at radius 2 is 1.87 bits per heavy atom. The number of nitrogens with two attached hydrogens (primary N) is 1. The van der Waals surface area contributed by atoms with Crippen LogP contribution in [-0.4, -0.2) is 12.7 Å². The van der Waals surface area contributed by atoms with E-state index in [1.54, 1.807) is 0 Å². The first-order valence-electron chi connectivity index (χ1n) is 5.25. The maximum Gasteiger partial charge on any atom is 0.404 e. The van der Waals surface area contributed by atoms with Gasteiger partial charge in [0.15, 0.2) is 0 Å². The molecule has 82 valence electrons. The lowest BCUT2D eigenvalue weighted by atomic mass is 10.1. The van der Waals surface area contributed by atoms with Crippen molar-refractivity contribution in [2.45, 2.75) is 25.7 Å². The number of hydrogen-bond donors (Lipinski definition) is 1. The summed E-state index contributed by atoms with van der Waals surface area (Å²) in [5, 5.41) is 0. The summed E-state index contributed by atoms with van der Waals surface area (Å²) in [5.41, 5.74) is 6.19. The summed E-state index contributed by atoms with van der Waals surface area (Å²) in [4.78, 5) is 10.3. The molecule has 0 heterocycles. The first-order chi connectivity index (χ1) is 7.29. The third-order valence-electron chi connectivity index (χ3n) is 2.20. The van der Waals surface area contributed by atoms with E-state index in [9.17, 15) is 4.79 Å². The van der Waals surface area contributed by atoms with Gasteiger partial charge in [-0.1, -0.05) is 30.3 Å². The van der Waals surface area contributed by atoms with Gasteiger partial charge in [0.2, 0.25) is 0 Å². The molecular formula is C12H17NO2. The number of unbranched alkanes of at least 4 members (excludes halogenated alkanes) is 2. The van der Waals surface area contributed by atoms with Crippen molar-refractivity contribution in [1.29, 1.82) is 0 Å². The van der Waals surface area contributed by atoms with Crippen molar-refractivity contribution in [3.63, 3.8) is 0 Å². The van der Waals surface area contributed by atoms with Gasteiger partial charge in [0, 0.05) is 0 Å². The predicted octanol–water partition coefficient (Wildman–Crippen LogP) is 2.49. The molecule has 0 aliphatic carbocycles. The number of carbonyl (C=O) groups excluding carboxylic acids is 1. The van der Waals surface area contributed by atoms with E-state index in [2.05, 4.69) is 16.9 Å². The lowest BCUT2D eigenvalue weighted by Crippen LogP contribution is -2.13. The third-order valence-corrected chi connectivity index (χ3v) is 2.20. The van der Waals surface area contributed by atoms with E-state index in [1.165, 1.54) is 5.56 Å². The molecule has 0 bridgehead atoms. The molecule has 0 spiro atoms. The summed E-state index contributed by atoms with van der Waals surface area (Å²) >= 11 is 0. The number of hydrogen-bond acceptors (Lipinski definition) is 2. The Hall–Kier alpha value is -1.51. The van der Waals surface area contributed by atoms with E-state index in [0.717, 1.165) is 25.7 Å². The predicted molar refractivity (Wildman–Crippen MR) is 59.5 cm³/mol. The largest absolute Gasteiger partial charge is 0.450 e. The molecule has 15 heavy (non-hydrogen) atoms. The molecule has 1 amide bonds. The second-order valence-corrected chi connectivity index (χ2v) is 3.46. The quantitative estimate of drug-likeness (QED) is 0.728. The number of amides is 1. The van der Waals surface area contributed by atoms with Crippen LogP contribution in [0.25, 0.3) is 0 Å². The van der Waals surface area contributed by atoms with E-state index in [4.69, 9.17) is 5.73 Å². The molecule has 3 heteroatoms. The molecule has 0 fully saturated rings. The van der Waals surface area contributed by atoms with Crippen molar-refractivity contribution in [2.24, 2.45) is 5.73 Å². The first-order valence-corrected chi connectivity index (χ1v) is 5.25. The highest BCUT2D eigenvalue weighted by molar-refractivity contribution is 5.64. The summed E-state index contributed by atoms with van der Waals surface area (Å²) in [5.74, 6) is 0. The Morgan fingerprint density at radius 1 is 1.13 bits per heavy atom. The van der Waals surface area contributed by atoms with Crippen molar-refractivity contribution < 1.29 is 9.53 Å². The second kappa shape index (κ2) is 6.87. The smallest absolute Gasteiger partial charge is 0.404 e. The van der Waals surface area contributed by atoms with Crippen LogP contribution in [0.4, 0.5) is 4.79 Å². The normalized spacial score (nSPS) is 9.87. The molecular weight excluding hydrogens is 190 g/mol. The molecule has 2 N–H and O–H groups in total. The zero-order valence-electron chi connectivity index (χ0n) is 8.82. The van der Waals surface area contributed by atoms with Crippen LogP contribution in [0.15, 0.2) is 30.3 Å². The summed E-state index contributed by atoms with van der Waals surface area (Å²) in [6.45, 7) is 0.435. The molecule has 0 atom stereocenters. The lowest BCUT2D eigenvalue weighted by molar-refractivity contribution is 0.154. The fourth-order valence-corrected chi connectivity index (χ4v) is 1.43. The molecule has 0 radical (unpaired) electrons. The second-order valence-electron chi connectivity index (χ2n) is 3.46. The highest BCUT2D eigenvalue weighted by atomic mass is 16.5. The van der Waals surface area contributed by atoms with Crippen molar-refractivity contribution >= 4 is 6.09 Å². The molecule has 0 aliphatic heterocycles. The minimum Gasteiger partial charge on any atom is -0.450 e. The monoisotopic (exact) mass is 207 g/mol. The number of aryl methyl sites for hydroxylation is 1. The van der Waals surface area contributed by atoms with Gasteiger partial charge in [0.05, 0.1) is 6.61 Å². The Morgan fingerprint density at radius 3 is 2.53 bits per heavy atom. The van der Waals surface area contributed by atoms with Crippen LogP contribution >= 0.6 is 0 Å². The zero-order valence-corrected chi connectivity index (χ0v) is 8.82. The number of ether oxygens (including phenoxy) is 1. The SMILES string of the molecule is NC(=O)OCCCCCc1ccccc1. The van der Waals surface area contributed by atoms with E-state index < -0.39 is 6.09 Å². The Balaban J connectivity index is 2.00. The van der Waals surface area contributed by atoms with Crippen LogP contribution in [-0.2, 0) is 11.2 Å². The molecule has 0 unspecified atom stereocenters. The highest BCUT2D eigenvalue weighted by Crippen LogP contribution is 2.05. The van der Waals surface area contributed by atoms with E-state index in [1.807, 2.05) is 18.2 Å². The Kier molecular flexibility index (Phi) is 5.30. The van der Waals surface area contributed by atoms with Crippen molar-refractivity contribution in [2.75, 3.05) is 6.61 Å². The van der Waals surface area contributed by atoms with Crippen molar-refractivity contribution in [3.05, 3.63) is 35.9 Å². The first kappa shape index (κ1) is 11.6. The van der Waals surface area contributed by atoms with Gasteiger partial charge < -0.3 is 10.5 Å². The molecule has 1 rings (SSSR count). The fourth-order valence-electron chi connectivity index (χ4n) is 1.43. The molecule has 1 aromatic rings. The lowest BCUT2D eigenvalue weighted by Gasteiger charge is -2.02. The minimum absolute atomic E-state index is 0.435. The van der Waals surface area contributed by atoms with Gasteiger partial charge in [-0.25, -0.2) is 4.79 Å². The number of primary amides is 1. The van der Waals surface area contributed by atoms with E-state index >= 15 is 0 Å². The average Bonchev–Trinajstić information content (AvgIpc) is 2.24. The van der Waals surface area contributed by atoms with Gasteiger partial charge >= 0.3 is 6.09 Å². The van der Waals surface area contributed by atoms with Crippen LogP contribution < -0.4 is 5.73 Å². The number of carbonyl (C=O) groups is 1. The van der Waals surface area contributed by atoms with Crippen LogP contribution in [0.1, 0.15) is 24.8 Å². The number of rotatable bonds is 6. The van der Waals surface area contributed by atoms with Gasteiger partial charge in [-0.3, -0.25) is 0 Å². The molecule has 0 saturated heterocycles. The Bertz CT molecular complexity index is 285. The van der Waals surface area contributed by atoms with Crippen LogP contribution in [0, 0.1) is 0 Å². The molecule has 0 aromatic heterocycles. The maximum atomic E-state index is 10.3. The Labute approximate surface area is 90.2 Å². The molecule has 3 nitrogen and oxygen atoms in total. The van der Waals surface area contributed by atoms with Crippen molar-refractivity contribution in [1.82, 2.24) is 0 Å². The number of benzene rings is 1. The van der Waals surface area contributed by atoms with Gasteiger partial charge in [-0.15, -0.1) is 0 Å². The summed E-state index contributed by atoms with van der Waals surface area (Å²) in [7, 11) is 0.